The van der Waals surface area contributed by atoms with Gasteiger partial charge in [-0.15, -0.1) is 0 Å². The van der Waals surface area contributed by atoms with E-state index in [1.54, 1.807) is 13.0 Å². The maximum Gasteiger partial charge on any atom is 0.416 e. The first-order valence-electron chi connectivity index (χ1n) is 10.8. The van der Waals surface area contributed by atoms with Crippen molar-refractivity contribution < 1.29 is 18.0 Å². The van der Waals surface area contributed by atoms with Gasteiger partial charge in [0.2, 0.25) is 5.91 Å². The van der Waals surface area contributed by atoms with E-state index in [1.165, 1.54) is 6.07 Å². The molecule has 2 aromatic rings. The molecule has 1 amide bonds. The second kappa shape index (κ2) is 10.5. The van der Waals surface area contributed by atoms with Crippen molar-refractivity contribution >= 4 is 11.9 Å². The molecule has 2 aromatic carbocycles. The summed E-state index contributed by atoms with van der Waals surface area (Å²) < 4.78 is 39.1. The van der Waals surface area contributed by atoms with E-state index in [9.17, 15) is 18.0 Å². The molecular formula is C24H29F3N4O. The number of nitrogens with one attached hydrogen (secondary N) is 2. The molecule has 8 heteroatoms. The lowest BCUT2D eigenvalue weighted by atomic mass is 10.1. The van der Waals surface area contributed by atoms with Crippen molar-refractivity contribution in [3.05, 3.63) is 70.8 Å². The molecule has 1 aliphatic heterocycles. The summed E-state index contributed by atoms with van der Waals surface area (Å²) in [5, 5.41) is 6.32. The summed E-state index contributed by atoms with van der Waals surface area (Å²) in [6.45, 7) is 6.16. The van der Waals surface area contributed by atoms with E-state index in [2.05, 4.69) is 15.6 Å². The minimum absolute atomic E-state index is 0.190. The summed E-state index contributed by atoms with van der Waals surface area (Å²) >= 11 is 0. The van der Waals surface area contributed by atoms with E-state index >= 15 is 0 Å². The maximum absolute atomic E-state index is 13.0. The van der Waals surface area contributed by atoms with Crippen LogP contribution in [0.5, 0.6) is 0 Å². The van der Waals surface area contributed by atoms with Crippen LogP contribution < -0.4 is 10.6 Å². The van der Waals surface area contributed by atoms with Crippen LogP contribution in [0, 0.1) is 0 Å². The summed E-state index contributed by atoms with van der Waals surface area (Å²) in [6, 6.07) is 12.9. The largest absolute Gasteiger partial charge is 0.416 e. The third-order valence-electron chi connectivity index (χ3n) is 5.37. The van der Waals surface area contributed by atoms with Gasteiger partial charge in [0.05, 0.1) is 18.2 Å². The van der Waals surface area contributed by atoms with Crippen molar-refractivity contribution in [1.82, 2.24) is 15.5 Å². The van der Waals surface area contributed by atoms with Gasteiger partial charge in [-0.1, -0.05) is 36.4 Å². The quantitative estimate of drug-likeness (QED) is 0.481. The van der Waals surface area contributed by atoms with Crippen LogP contribution in [0.25, 0.3) is 0 Å². The van der Waals surface area contributed by atoms with Crippen LogP contribution in [0.3, 0.4) is 0 Å². The van der Waals surface area contributed by atoms with Gasteiger partial charge in [0.15, 0.2) is 5.96 Å². The Morgan fingerprint density at radius 1 is 1.16 bits per heavy atom. The fourth-order valence-electron chi connectivity index (χ4n) is 3.68. The summed E-state index contributed by atoms with van der Waals surface area (Å²) in [5.74, 6) is 0.716. The monoisotopic (exact) mass is 446 g/mol. The van der Waals surface area contributed by atoms with Gasteiger partial charge in [0.25, 0.3) is 0 Å². The van der Waals surface area contributed by atoms with E-state index in [0.29, 0.717) is 37.6 Å². The molecule has 1 fully saturated rings. The average molecular weight is 447 g/mol. The number of benzene rings is 2. The van der Waals surface area contributed by atoms with Crippen LogP contribution >= 0.6 is 0 Å². The van der Waals surface area contributed by atoms with Crippen molar-refractivity contribution in [2.75, 3.05) is 13.1 Å². The van der Waals surface area contributed by atoms with Gasteiger partial charge in [-0.05, 0) is 49.1 Å². The summed E-state index contributed by atoms with van der Waals surface area (Å²) in [7, 11) is 0. The second-order valence-electron chi connectivity index (χ2n) is 7.92. The number of rotatable bonds is 7. The Hall–Kier alpha value is -3.03. The molecule has 0 aromatic heterocycles. The van der Waals surface area contributed by atoms with Gasteiger partial charge < -0.3 is 15.5 Å². The molecule has 1 atom stereocenters. The zero-order valence-electron chi connectivity index (χ0n) is 18.4. The van der Waals surface area contributed by atoms with E-state index in [0.717, 1.165) is 36.2 Å². The smallest absolute Gasteiger partial charge is 0.357 e. The van der Waals surface area contributed by atoms with Gasteiger partial charge in [-0.2, -0.15) is 13.2 Å². The highest BCUT2D eigenvalue weighted by Gasteiger charge is 2.30. The standard InChI is InChI=1S/C24H29F3N4O/c1-3-28-23(30-17(2)20-9-5-10-21(14-20)24(25,26)27)29-15-18-7-4-8-19(13-18)16-31-12-6-11-22(31)32/h4-5,7-10,13-14,17H,3,6,11-12,15-16H2,1-2H3,(H2,28,29,30). The summed E-state index contributed by atoms with van der Waals surface area (Å²) in [4.78, 5) is 18.3. The Morgan fingerprint density at radius 3 is 2.59 bits per heavy atom. The highest BCUT2D eigenvalue weighted by atomic mass is 19.4. The topological polar surface area (TPSA) is 56.7 Å². The predicted octanol–water partition coefficient (Wildman–Crippen LogP) is 4.64. The van der Waals surface area contributed by atoms with Crippen molar-refractivity contribution in [2.24, 2.45) is 4.99 Å². The molecule has 1 heterocycles. The summed E-state index contributed by atoms with van der Waals surface area (Å²) in [5.41, 5.74) is 1.92. The highest BCUT2D eigenvalue weighted by Crippen LogP contribution is 2.30. The lowest BCUT2D eigenvalue weighted by molar-refractivity contribution is -0.137. The van der Waals surface area contributed by atoms with Gasteiger partial charge >= 0.3 is 6.18 Å². The van der Waals surface area contributed by atoms with Crippen LogP contribution in [0.1, 0.15) is 55.0 Å². The molecular weight excluding hydrogens is 417 g/mol. The van der Waals surface area contributed by atoms with Gasteiger partial charge in [-0.3, -0.25) is 4.79 Å². The number of likely N-dealkylation sites (tertiary alicyclic amines) is 1. The van der Waals surface area contributed by atoms with Crippen molar-refractivity contribution in [3.63, 3.8) is 0 Å². The van der Waals surface area contributed by atoms with Gasteiger partial charge in [0, 0.05) is 26.1 Å². The van der Waals surface area contributed by atoms with Crippen molar-refractivity contribution in [3.8, 4) is 0 Å². The number of halogens is 3. The molecule has 1 unspecified atom stereocenters. The second-order valence-corrected chi connectivity index (χ2v) is 7.92. The fourth-order valence-corrected chi connectivity index (χ4v) is 3.68. The van der Waals surface area contributed by atoms with Crippen molar-refractivity contribution in [1.29, 1.82) is 0 Å². The molecule has 0 radical (unpaired) electrons. The molecule has 5 nitrogen and oxygen atoms in total. The zero-order valence-corrected chi connectivity index (χ0v) is 18.4. The number of guanidine groups is 1. The predicted molar refractivity (Wildman–Crippen MR) is 119 cm³/mol. The number of hydrogen-bond donors (Lipinski definition) is 2. The first-order chi connectivity index (χ1) is 15.3. The van der Waals surface area contributed by atoms with E-state index in [4.69, 9.17) is 0 Å². The first kappa shape index (κ1) is 23.6. The van der Waals surface area contributed by atoms with Crippen LogP contribution in [0.4, 0.5) is 13.2 Å². The third-order valence-corrected chi connectivity index (χ3v) is 5.37. The number of alkyl halides is 3. The van der Waals surface area contributed by atoms with E-state index < -0.39 is 11.7 Å². The van der Waals surface area contributed by atoms with Crippen LogP contribution in [0.2, 0.25) is 0 Å². The minimum Gasteiger partial charge on any atom is -0.357 e. The number of carbonyl (C=O) groups excluding carboxylic acids is 1. The molecule has 0 spiro atoms. The molecule has 0 saturated carbocycles. The number of hydrogen-bond acceptors (Lipinski definition) is 2. The number of aliphatic imine (C=N–C) groups is 1. The molecule has 0 aliphatic carbocycles. The SMILES string of the molecule is CCNC(=NCc1cccc(CN2CCCC2=O)c1)NC(C)c1cccc(C(F)(F)F)c1. The van der Waals surface area contributed by atoms with Crippen molar-refractivity contribution in [2.45, 2.75) is 52.0 Å². The highest BCUT2D eigenvalue weighted by molar-refractivity contribution is 5.80. The normalized spacial score (nSPS) is 15.7. The molecule has 1 aliphatic rings. The number of amides is 1. The minimum atomic E-state index is -4.38. The molecule has 1 saturated heterocycles. The zero-order chi connectivity index (χ0) is 23.1. The fraction of sp³-hybridized carbons (Fsp3) is 0.417. The van der Waals surface area contributed by atoms with E-state index in [-0.39, 0.29) is 11.9 Å². The lowest BCUT2D eigenvalue weighted by Gasteiger charge is -2.19. The maximum atomic E-state index is 13.0. The Morgan fingerprint density at radius 2 is 1.91 bits per heavy atom. The van der Waals surface area contributed by atoms with Crippen LogP contribution in [0.15, 0.2) is 53.5 Å². The van der Waals surface area contributed by atoms with Gasteiger partial charge in [-0.25, -0.2) is 4.99 Å². The Kier molecular flexibility index (Phi) is 7.77. The molecule has 2 N–H and O–H groups in total. The van der Waals surface area contributed by atoms with Crippen LogP contribution in [-0.2, 0) is 24.1 Å². The average Bonchev–Trinajstić information content (AvgIpc) is 3.16. The Bertz CT molecular complexity index is 958. The van der Waals surface area contributed by atoms with E-state index in [1.807, 2.05) is 36.1 Å². The summed E-state index contributed by atoms with van der Waals surface area (Å²) in [6.07, 6.45) is -2.85. The number of nitrogens with zero attached hydrogens (tertiary/aromatic N) is 2. The number of carbonyl (C=O) groups is 1. The Labute approximate surface area is 186 Å². The lowest BCUT2D eigenvalue weighted by Crippen LogP contribution is -2.38. The molecule has 172 valence electrons. The Balaban J connectivity index is 1.67. The van der Waals surface area contributed by atoms with Gasteiger partial charge in [0.1, 0.15) is 0 Å². The third kappa shape index (κ3) is 6.48. The molecule has 32 heavy (non-hydrogen) atoms. The van der Waals surface area contributed by atoms with Crippen LogP contribution in [-0.4, -0.2) is 29.9 Å². The first-order valence-corrected chi connectivity index (χ1v) is 10.8. The molecule has 0 bridgehead atoms. The molecule has 3 rings (SSSR count).